The van der Waals surface area contributed by atoms with Crippen molar-refractivity contribution in [1.82, 2.24) is 10.2 Å². The first kappa shape index (κ1) is 14.5. The Kier molecular flexibility index (Phi) is 2.91. The molecule has 0 unspecified atom stereocenters. The topological polar surface area (TPSA) is 28.7 Å². The van der Waals surface area contributed by atoms with Crippen LogP contribution in [0.4, 0.5) is 0 Å². The van der Waals surface area contributed by atoms with E-state index in [1.165, 1.54) is 43.4 Å². The Morgan fingerprint density at radius 1 is 0.556 bits per heavy atom. The van der Waals surface area contributed by atoms with E-state index in [0.717, 1.165) is 11.3 Å². The number of aromatic nitrogens is 2. The van der Waals surface area contributed by atoms with Gasteiger partial charge in [0.2, 0.25) is 0 Å². The molecule has 0 radical (unpaired) electrons. The fourth-order valence-corrected chi connectivity index (χ4v) is 4.28. The third kappa shape index (κ3) is 2.04. The third-order valence-corrected chi connectivity index (χ3v) is 5.52. The Labute approximate surface area is 156 Å². The van der Waals surface area contributed by atoms with Crippen molar-refractivity contribution in [3.8, 4) is 22.4 Å². The van der Waals surface area contributed by atoms with Crippen molar-refractivity contribution in [1.29, 1.82) is 0 Å². The molecule has 0 amide bonds. The van der Waals surface area contributed by atoms with Crippen LogP contribution in [-0.4, -0.2) is 10.2 Å². The second kappa shape index (κ2) is 5.42. The van der Waals surface area contributed by atoms with Crippen molar-refractivity contribution in [2.45, 2.75) is 0 Å². The molecule has 126 valence electrons. The summed E-state index contributed by atoms with van der Waals surface area (Å²) >= 11 is 0. The van der Waals surface area contributed by atoms with Crippen LogP contribution < -0.4 is 0 Å². The van der Waals surface area contributed by atoms with Crippen LogP contribution in [0.25, 0.3) is 54.7 Å². The first-order valence-electron chi connectivity index (χ1n) is 9.16. The lowest BCUT2D eigenvalue weighted by atomic mass is 9.90. The second-order valence-corrected chi connectivity index (χ2v) is 6.99. The average molecular weight is 344 g/mol. The molecule has 0 aliphatic rings. The number of hydrogen-bond donors (Lipinski definition) is 1. The molecule has 2 nitrogen and oxygen atoms in total. The maximum atomic E-state index is 4.36. The molecule has 5 aromatic carbocycles. The summed E-state index contributed by atoms with van der Waals surface area (Å²) in [5, 5.41) is 15.4. The maximum absolute atomic E-state index is 4.36. The maximum Gasteiger partial charge on any atom is 0.0734 e. The summed E-state index contributed by atoms with van der Waals surface area (Å²) in [7, 11) is 0. The fraction of sp³-hybridized carbons (Fsp3) is 0. The number of nitrogens with zero attached hydrogens (tertiary/aromatic N) is 1. The Morgan fingerprint density at radius 2 is 1.26 bits per heavy atom. The molecular weight excluding hydrogens is 328 g/mol. The largest absolute Gasteiger partial charge is 0.277 e. The van der Waals surface area contributed by atoms with Crippen LogP contribution in [0, 0.1) is 0 Å². The van der Waals surface area contributed by atoms with E-state index in [-0.39, 0.29) is 0 Å². The number of aromatic amines is 1. The predicted octanol–water partition coefficient (Wildman–Crippen LogP) is 6.64. The monoisotopic (exact) mass is 344 g/mol. The van der Waals surface area contributed by atoms with Crippen LogP contribution >= 0.6 is 0 Å². The van der Waals surface area contributed by atoms with Crippen molar-refractivity contribution in [2.24, 2.45) is 0 Å². The zero-order valence-corrected chi connectivity index (χ0v) is 14.6. The molecule has 2 heteroatoms. The van der Waals surface area contributed by atoms with Crippen LogP contribution in [0.15, 0.2) is 91.1 Å². The van der Waals surface area contributed by atoms with E-state index in [2.05, 4.69) is 89.1 Å². The Bertz CT molecular complexity index is 1390. The highest BCUT2D eigenvalue weighted by Crippen LogP contribution is 2.40. The number of benzene rings is 5. The molecule has 0 atom stereocenters. The second-order valence-electron chi connectivity index (χ2n) is 6.99. The summed E-state index contributed by atoms with van der Waals surface area (Å²) in [5.41, 5.74) is 4.56. The number of rotatable bonds is 2. The molecule has 1 aromatic heterocycles. The molecule has 1 heterocycles. The van der Waals surface area contributed by atoms with Crippen molar-refractivity contribution in [3.63, 3.8) is 0 Å². The minimum atomic E-state index is 1.07. The molecule has 0 fully saturated rings. The average Bonchev–Trinajstić information content (AvgIpc) is 3.22. The van der Waals surface area contributed by atoms with Crippen LogP contribution in [0.1, 0.15) is 0 Å². The van der Waals surface area contributed by atoms with Crippen LogP contribution in [0.5, 0.6) is 0 Å². The molecule has 0 aliphatic carbocycles. The highest BCUT2D eigenvalue weighted by Gasteiger charge is 2.15. The number of H-pyrrole nitrogens is 1. The van der Waals surface area contributed by atoms with Gasteiger partial charge in [-0.1, -0.05) is 84.9 Å². The van der Waals surface area contributed by atoms with Gasteiger partial charge >= 0.3 is 0 Å². The molecule has 0 saturated carbocycles. The quantitative estimate of drug-likeness (QED) is 0.350. The summed E-state index contributed by atoms with van der Waals surface area (Å²) in [6.45, 7) is 0. The Hall–Kier alpha value is -3.65. The summed E-state index contributed by atoms with van der Waals surface area (Å²) in [4.78, 5) is 0. The highest BCUT2D eigenvalue weighted by molar-refractivity contribution is 6.25. The minimum absolute atomic E-state index is 1.07. The van der Waals surface area contributed by atoms with Crippen LogP contribution in [-0.2, 0) is 0 Å². The van der Waals surface area contributed by atoms with Gasteiger partial charge in [0.1, 0.15) is 0 Å². The van der Waals surface area contributed by atoms with Gasteiger partial charge in [-0.15, -0.1) is 0 Å². The first-order chi connectivity index (χ1) is 13.4. The van der Waals surface area contributed by atoms with Gasteiger partial charge in [0.15, 0.2) is 0 Å². The normalized spacial score (nSPS) is 11.7. The molecule has 6 aromatic rings. The van der Waals surface area contributed by atoms with Crippen molar-refractivity contribution in [3.05, 3.63) is 91.1 Å². The van der Waals surface area contributed by atoms with Gasteiger partial charge < -0.3 is 0 Å². The van der Waals surface area contributed by atoms with Gasteiger partial charge in [-0.2, -0.15) is 5.10 Å². The SMILES string of the molecule is c1ccc(-c2cn[nH]c2-c2ccc3ccc4cccc5ccc2c3c45)cc1. The molecule has 0 aliphatic heterocycles. The van der Waals surface area contributed by atoms with Crippen molar-refractivity contribution < 1.29 is 0 Å². The lowest BCUT2D eigenvalue weighted by molar-refractivity contribution is 1.10. The van der Waals surface area contributed by atoms with E-state index in [9.17, 15) is 0 Å². The summed E-state index contributed by atoms with van der Waals surface area (Å²) in [6.07, 6.45) is 1.92. The lowest BCUT2D eigenvalue weighted by Crippen LogP contribution is -1.89. The van der Waals surface area contributed by atoms with Crippen molar-refractivity contribution >= 4 is 32.3 Å². The molecule has 0 spiro atoms. The van der Waals surface area contributed by atoms with Crippen molar-refractivity contribution in [2.75, 3.05) is 0 Å². The predicted molar refractivity (Wildman–Crippen MR) is 113 cm³/mol. The minimum Gasteiger partial charge on any atom is -0.277 e. The molecule has 6 rings (SSSR count). The Balaban J connectivity index is 1.72. The van der Waals surface area contributed by atoms with Gasteiger partial charge in [-0.05, 0) is 37.9 Å². The van der Waals surface area contributed by atoms with Gasteiger partial charge in [0.25, 0.3) is 0 Å². The van der Waals surface area contributed by atoms with Gasteiger partial charge in [0.05, 0.1) is 11.9 Å². The first-order valence-corrected chi connectivity index (χ1v) is 9.16. The zero-order valence-electron chi connectivity index (χ0n) is 14.6. The lowest BCUT2D eigenvalue weighted by Gasteiger charge is -2.14. The number of hydrogen-bond acceptors (Lipinski definition) is 1. The molecule has 0 bridgehead atoms. The molecular formula is C25H16N2. The Morgan fingerprint density at radius 3 is 2.07 bits per heavy atom. The molecule has 0 saturated heterocycles. The van der Waals surface area contributed by atoms with E-state index in [1.54, 1.807) is 0 Å². The van der Waals surface area contributed by atoms with Gasteiger partial charge in [-0.25, -0.2) is 0 Å². The molecule has 1 N–H and O–H groups in total. The van der Waals surface area contributed by atoms with Gasteiger partial charge in [0, 0.05) is 11.1 Å². The fourth-order valence-electron chi connectivity index (χ4n) is 4.28. The smallest absolute Gasteiger partial charge is 0.0734 e. The molecule has 27 heavy (non-hydrogen) atoms. The van der Waals surface area contributed by atoms with Crippen LogP contribution in [0.2, 0.25) is 0 Å². The van der Waals surface area contributed by atoms with Crippen LogP contribution in [0.3, 0.4) is 0 Å². The van der Waals surface area contributed by atoms with Gasteiger partial charge in [-0.3, -0.25) is 5.10 Å². The highest BCUT2D eigenvalue weighted by atomic mass is 15.1. The summed E-state index contributed by atoms with van der Waals surface area (Å²) in [6, 6.07) is 30.3. The van der Waals surface area contributed by atoms with E-state index in [4.69, 9.17) is 0 Å². The number of nitrogens with one attached hydrogen (secondary N) is 1. The van der Waals surface area contributed by atoms with E-state index in [0.29, 0.717) is 0 Å². The standard InChI is InChI=1S/C25H16N2/c1-2-5-16(6-3-1)22-15-26-27-25(22)21-14-12-19-10-9-17-7-4-8-18-11-13-20(21)24(19)23(17)18/h1-15H,(H,26,27). The van der Waals surface area contributed by atoms with E-state index >= 15 is 0 Å². The van der Waals surface area contributed by atoms with E-state index < -0.39 is 0 Å². The summed E-state index contributed by atoms with van der Waals surface area (Å²) < 4.78 is 0. The summed E-state index contributed by atoms with van der Waals surface area (Å²) in [5.74, 6) is 0. The zero-order chi connectivity index (χ0) is 17.8. The third-order valence-electron chi connectivity index (χ3n) is 5.52. The van der Waals surface area contributed by atoms with E-state index in [1.807, 2.05) is 12.3 Å².